The highest BCUT2D eigenvalue weighted by Crippen LogP contribution is 2.34. The van der Waals surface area contributed by atoms with E-state index in [4.69, 9.17) is 18.7 Å². The first-order valence-electron chi connectivity index (χ1n) is 15.8. The fourth-order valence-corrected chi connectivity index (χ4v) is 8.06. The minimum atomic E-state index is -4.05. The van der Waals surface area contributed by atoms with Gasteiger partial charge in [-0.25, -0.2) is 13.2 Å². The zero-order valence-electron chi connectivity index (χ0n) is 25.7. The first-order valence-corrected chi connectivity index (χ1v) is 17.2. The molecule has 45 heavy (non-hydrogen) atoms. The van der Waals surface area contributed by atoms with Crippen molar-refractivity contribution in [2.75, 3.05) is 44.3 Å². The summed E-state index contributed by atoms with van der Waals surface area (Å²) in [4.78, 5) is 15.3. The standard InChI is InChI=1S/C32H42N4O8S/c1-21(2)18-36(45(39,40)23-10-11-28-25(17-23)30(34-44-28)35-13-6-7-14-35)19-27(37)26(16-22-8-4-3-5-9-22)33-32(38)43-29-20-42-31-24(29)12-15-41-31/h3-5,8-11,17,21,24,26-27,29,31,37H,6-7,12-16,18-20H2,1-2H3,(H,33,38). The van der Waals surface area contributed by atoms with E-state index in [0.29, 0.717) is 23.4 Å². The van der Waals surface area contributed by atoms with E-state index in [9.17, 15) is 18.3 Å². The zero-order chi connectivity index (χ0) is 31.6. The monoisotopic (exact) mass is 642 g/mol. The van der Waals surface area contributed by atoms with Crippen LogP contribution >= 0.6 is 0 Å². The van der Waals surface area contributed by atoms with Gasteiger partial charge < -0.3 is 34.1 Å². The molecule has 0 saturated carbocycles. The van der Waals surface area contributed by atoms with Crippen molar-refractivity contribution in [1.82, 2.24) is 14.8 Å². The normalized spacial score (nSPS) is 23.1. The molecule has 0 radical (unpaired) electrons. The first-order chi connectivity index (χ1) is 21.7. The number of ether oxygens (including phenoxy) is 3. The molecule has 3 aromatic rings. The lowest BCUT2D eigenvalue weighted by Crippen LogP contribution is -2.51. The third kappa shape index (κ3) is 7.12. The van der Waals surface area contributed by atoms with Crippen LogP contribution in [0, 0.1) is 11.8 Å². The molecule has 1 aromatic heterocycles. The summed E-state index contributed by atoms with van der Waals surface area (Å²) in [5.74, 6) is 0.582. The number of amides is 1. The molecule has 0 bridgehead atoms. The number of carbonyl (C=O) groups is 1. The van der Waals surface area contributed by atoms with Crippen molar-refractivity contribution in [3.05, 3.63) is 54.1 Å². The van der Waals surface area contributed by atoms with E-state index < -0.39 is 34.4 Å². The topological polar surface area (TPSA) is 144 Å². The third-order valence-corrected chi connectivity index (χ3v) is 10.6. The van der Waals surface area contributed by atoms with Crippen molar-refractivity contribution in [3.63, 3.8) is 0 Å². The number of alkyl carbamates (subject to hydrolysis) is 1. The Labute approximate surface area is 263 Å². The van der Waals surface area contributed by atoms with Crippen molar-refractivity contribution >= 4 is 32.9 Å². The minimum absolute atomic E-state index is 0.0269. The van der Waals surface area contributed by atoms with Gasteiger partial charge >= 0.3 is 6.09 Å². The summed E-state index contributed by atoms with van der Waals surface area (Å²) in [6.07, 6.45) is 0.337. The highest BCUT2D eigenvalue weighted by Gasteiger charge is 2.44. The van der Waals surface area contributed by atoms with Gasteiger partial charge in [-0.3, -0.25) is 0 Å². The Hall–Kier alpha value is -3.23. The quantitative estimate of drug-likeness (QED) is 0.301. The van der Waals surface area contributed by atoms with Crippen molar-refractivity contribution < 1.29 is 37.1 Å². The summed E-state index contributed by atoms with van der Waals surface area (Å²) in [6.45, 7) is 6.25. The highest BCUT2D eigenvalue weighted by molar-refractivity contribution is 7.89. The predicted molar refractivity (Wildman–Crippen MR) is 166 cm³/mol. The summed E-state index contributed by atoms with van der Waals surface area (Å²) < 4.78 is 52.0. The van der Waals surface area contributed by atoms with E-state index in [1.807, 2.05) is 44.2 Å². The maximum absolute atomic E-state index is 14.2. The third-order valence-electron chi connectivity index (χ3n) is 8.73. The number of nitrogens with zero attached hydrogens (tertiary/aromatic N) is 3. The molecule has 3 fully saturated rings. The Balaban J connectivity index is 1.22. The van der Waals surface area contributed by atoms with Gasteiger partial charge in [0.1, 0.15) is 6.10 Å². The van der Waals surface area contributed by atoms with Crippen molar-refractivity contribution in [2.24, 2.45) is 11.8 Å². The number of aliphatic hydroxyl groups is 1. The summed E-state index contributed by atoms with van der Waals surface area (Å²) in [7, 11) is -4.05. The molecular weight excluding hydrogens is 600 g/mol. The average Bonchev–Trinajstić information content (AvgIpc) is 3.83. The van der Waals surface area contributed by atoms with Crippen LogP contribution < -0.4 is 10.2 Å². The van der Waals surface area contributed by atoms with E-state index >= 15 is 0 Å². The number of carbonyl (C=O) groups excluding carboxylic acids is 1. The van der Waals surface area contributed by atoms with Crippen molar-refractivity contribution in [3.8, 4) is 0 Å². The van der Waals surface area contributed by atoms with Crippen LogP contribution in [0.25, 0.3) is 11.0 Å². The minimum Gasteiger partial charge on any atom is -0.443 e. The van der Waals surface area contributed by atoms with E-state index in [0.717, 1.165) is 37.9 Å². The molecule has 5 atom stereocenters. The van der Waals surface area contributed by atoms with E-state index in [1.165, 1.54) is 10.4 Å². The average molecular weight is 643 g/mol. The molecule has 2 aromatic carbocycles. The van der Waals surface area contributed by atoms with E-state index in [-0.39, 0.29) is 49.1 Å². The second-order valence-electron chi connectivity index (χ2n) is 12.6. The van der Waals surface area contributed by atoms with Gasteiger partial charge in [0.05, 0.1) is 41.6 Å². The Morgan fingerprint density at radius 3 is 2.67 bits per heavy atom. The lowest BCUT2D eigenvalue weighted by molar-refractivity contribution is -0.0907. The van der Waals surface area contributed by atoms with Gasteiger partial charge in [0.2, 0.25) is 10.0 Å². The number of hydrogen-bond acceptors (Lipinski definition) is 10. The number of hydrogen-bond donors (Lipinski definition) is 2. The van der Waals surface area contributed by atoms with Crippen LogP contribution in [0.5, 0.6) is 0 Å². The Bertz CT molecular complexity index is 1560. The number of benzene rings is 2. The van der Waals surface area contributed by atoms with Gasteiger partial charge in [-0.1, -0.05) is 49.3 Å². The second-order valence-corrected chi connectivity index (χ2v) is 14.5. The molecule has 5 unspecified atom stereocenters. The predicted octanol–water partition coefficient (Wildman–Crippen LogP) is 3.53. The van der Waals surface area contributed by atoms with Gasteiger partial charge in [-0.05, 0) is 55.4 Å². The van der Waals surface area contributed by atoms with E-state index in [2.05, 4.69) is 15.4 Å². The summed E-state index contributed by atoms with van der Waals surface area (Å²) >= 11 is 0. The van der Waals surface area contributed by atoms with Gasteiger partial charge in [0, 0.05) is 26.2 Å². The molecule has 2 N–H and O–H groups in total. The maximum atomic E-state index is 14.2. The van der Waals surface area contributed by atoms with Crippen molar-refractivity contribution in [1.29, 1.82) is 0 Å². The Morgan fingerprint density at radius 1 is 1.13 bits per heavy atom. The van der Waals surface area contributed by atoms with Crippen LogP contribution in [0.1, 0.15) is 38.7 Å². The Morgan fingerprint density at radius 2 is 1.91 bits per heavy atom. The Kier molecular flexibility index (Phi) is 9.62. The lowest BCUT2D eigenvalue weighted by atomic mass is 10.0. The van der Waals surface area contributed by atoms with Crippen LogP contribution in [0.3, 0.4) is 0 Å². The lowest BCUT2D eigenvalue weighted by Gasteiger charge is -2.31. The number of rotatable bonds is 12. The number of fused-ring (bicyclic) bond motifs is 2. The highest BCUT2D eigenvalue weighted by atomic mass is 32.2. The summed E-state index contributed by atoms with van der Waals surface area (Å²) in [5.41, 5.74) is 1.39. The summed E-state index contributed by atoms with van der Waals surface area (Å²) in [6, 6.07) is 13.3. The molecule has 13 heteroatoms. The van der Waals surface area contributed by atoms with Crippen LogP contribution in [-0.2, 0) is 30.7 Å². The van der Waals surface area contributed by atoms with Gasteiger partial charge in [0.15, 0.2) is 17.7 Å². The molecule has 12 nitrogen and oxygen atoms in total. The SMILES string of the molecule is CC(C)CN(CC(O)C(Cc1ccccc1)NC(=O)OC1COC2OCCC12)S(=O)(=O)c1ccc2onc(N3CCCC3)c2c1. The zero-order valence-corrected chi connectivity index (χ0v) is 26.5. The van der Waals surface area contributed by atoms with Crippen molar-refractivity contribution in [2.45, 2.75) is 69.0 Å². The summed E-state index contributed by atoms with van der Waals surface area (Å²) in [5, 5.41) is 19.3. The van der Waals surface area contributed by atoms with Gasteiger partial charge in [-0.15, -0.1) is 0 Å². The molecule has 0 aliphatic carbocycles. The molecule has 244 valence electrons. The van der Waals surface area contributed by atoms with Crippen LogP contribution in [-0.4, -0.2) is 93.0 Å². The van der Waals surface area contributed by atoms with Gasteiger partial charge in [0.25, 0.3) is 0 Å². The fraction of sp³-hybridized carbons (Fsp3) is 0.562. The molecule has 4 heterocycles. The van der Waals surface area contributed by atoms with Crippen LogP contribution in [0.15, 0.2) is 57.9 Å². The number of aliphatic hydroxyl groups excluding tert-OH is 1. The molecular formula is C32H42N4O8S. The molecule has 6 rings (SSSR count). The molecule has 3 saturated heterocycles. The largest absolute Gasteiger partial charge is 0.443 e. The number of anilines is 1. The number of aromatic nitrogens is 1. The van der Waals surface area contributed by atoms with Crippen LogP contribution in [0.2, 0.25) is 0 Å². The molecule has 3 aliphatic heterocycles. The van der Waals surface area contributed by atoms with E-state index in [1.54, 1.807) is 12.1 Å². The van der Waals surface area contributed by atoms with Crippen LogP contribution in [0.4, 0.5) is 10.6 Å². The number of nitrogens with one attached hydrogen (secondary N) is 1. The second kappa shape index (κ2) is 13.6. The molecule has 3 aliphatic rings. The maximum Gasteiger partial charge on any atom is 0.407 e. The first kappa shape index (κ1) is 31.7. The molecule has 0 spiro atoms. The van der Waals surface area contributed by atoms with Gasteiger partial charge in [-0.2, -0.15) is 4.31 Å². The smallest absolute Gasteiger partial charge is 0.407 e. The number of sulfonamides is 1. The fourth-order valence-electron chi connectivity index (χ4n) is 6.41. The molecule has 1 amide bonds.